The van der Waals surface area contributed by atoms with E-state index in [-0.39, 0.29) is 36.1 Å². The predicted octanol–water partition coefficient (Wildman–Crippen LogP) is 4.53. The summed E-state index contributed by atoms with van der Waals surface area (Å²) in [5.41, 5.74) is 1.90. The minimum Gasteiger partial charge on any atom is -0.491 e. The lowest BCUT2D eigenvalue weighted by molar-refractivity contribution is -0.135. The summed E-state index contributed by atoms with van der Waals surface area (Å²) >= 11 is 1.74. The molecule has 6 nitrogen and oxygen atoms in total. The molecule has 1 aliphatic carbocycles. The Morgan fingerprint density at radius 1 is 1.22 bits per heavy atom. The molecule has 4 rings (SSSR count). The number of nitrogens with one attached hydrogen (secondary N) is 1. The van der Waals surface area contributed by atoms with Crippen molar-refractivity contribution in [1.29, 1.82) is 0 Å². The van der Waals surface area contributed by atoms with Gasteiger partial charge < -0.3 is 19.9 Å². The quantitative estimate of drug-likeness (QED) is 0.696. The molecule has 7 heteroatoms. The largest absolute Gasteiger partial charge is 0.491 e. The summed E-state index contributed by atoms with van der Waals surface area (Å²) in [4.78, 5) is 31.3. The topological polar surface area (TPSA) is 61.9 Å². The molecule has 1 N–H and O–H groups in total. The molecule has 2 heterocycles. The van der Waals surface area contributed by atoms with Crippen LogP contribution in [-0.4, -0.2) is 53.0 Å². The molecule has 32 heavy (non-hydrogen) atoms. The molecule has 1 aromatic heterocycles. The van der Waals surface area contributed by atoms with Gasteiger partial charge in [0.1, 0.15) is 18.9 Å². The van der Waals surface area contributed by atoms with Crippen molar-refractivity contribution < 1.29 is 14.3 Å². The van der Waals surface area contributed by atoms with Crippen LogP contribution >= 0.6 is 11.3 Å². The molecule has 1 fully saturated rings. The third-order valence-electron chi connectivity index (χ3n) is 5.94. The molecule has 2 aromatic rings. The van der Waals surface area contributed by atoms with E-state index in [4.69, 9.17) is 4.74 Å². The number of aryl methyl sites for hydroxylation is 1. The van der Waals surface area contributed by atoms with Crippen LogP contribution in [0, 0.1) is 6.92 Å². The van der Waals surface area contributed by atoms with E-state index in [1.54, 1.807) is 16.2 Å². The molecule has 3 amide bonds. The highest BCUT2D eigenvalue weighted by molar-refractivity contribution is 7.10. The molecular weight excluding hydrogens is 422 g/mol. The van der Waals surface area contributed by atoms with Gasteiger partial charge in [0.25, 0.3) is 0 Å². The average molecular weight is 456 g/mol. The third kappa shape index (κ3) is 5.26. The van der Waals surface area contributed by atoms with Gasteiger partial charge in [-0.25, -0.2) is 4.79 Å². The second-order valence-corrected chi connectivity index (χ2v) is 10.8. The van der Waals surface area contributed by atoms with Gasteiger partial charge in [-0.3, -0.25) is 4.79 Å². The van der Waals surface area contributed by atoms with Gasteiger partial charge in [-0.05, 0) is 75.6 Å². The van der Waals surface area contributed by atoms with Gasteiger partial charge in [0.05, 0.1) is 6.04 Å². The molecular formula is C25H33N3O3S. The number of amides is 3. The number of urea groups is 1. The van der Waals surface area contributed by atoms with E-state index in [0.29, 0.717) is 13.2 Å². The van der Waals surface area contributed by atoms with Crippen molar-refractivity contribution in [3.8, 4) is 5.75 Å². The van der Waals surface area contributed by atoms with Gasteiger partial charge in [-0.1, -0.05) is 18.2 Å². The van der Waals surface area contributed by atoms with E-state index < -0.39 is 0 Å². The van der Waals surface area contributed by atoms with E-state index in [1.807, 2.05) is 56.9 Å². The fourth-order valence-corrected chi connectivity index (χ4v) is 5.07. The number of ether oxygens (including phenoxy) is 1. The number of hydrogen-bond acceptors (Lipinski definition) is 4. The zero-order valence-corrected chi connectivity index (χ0v) is 20.2. The molecule has 0 radical (unpaired) electrons. The minimum absolute atomic E-state index is 0.0174. The third-order valence-corrected chi connectivity index (χ3v) is 6.94. The Morgan fingerprint density at radius 2 is 1.97 bits per heavy atom. The van der Waals surface area contributed by atoms with Crippen LogP contribution in [0.4, 0.5) is 4.79 Å². The van der Waals surface area contributed by atoms with E-state index in [0.717, 1.165) is 30.6 Å². The summed E-state index contributed by atoms with van der Waals surface area (Å²) in [6.45, 7) is 9.05. The first-order valence-electron chi connectivity index (χ1n) is 11.4. The highest BCUT2D eigenvalue weighted by Crippen LogP contribution is 2.35. The minimum atomic E-state index is -0.339. The number of thiophene rings is 1. The number of hydrogen-bond donors (Lipinski definition) is 1. The Balaban J connectivity index is 1.50. The molecule has 1 aliphatic heterocycles. The Morgan fingerprint density at radius 3 is 2.66 bits per heavy atom. The summed E-state index contributed by atoms with van der Waals surface area (Å²) in [6, 6.07) is 9.90. The smallest absolute Gasteiger partial charge is 0.318 e. The van der Waals surface area contributed by atoms with Gasteiger partial charge in [0.15, 0.2) is 0 Å². The van der Waals surface area contributed by atoms with Gasteiger partial charge in [0.2, 0.25) is 5.91 Å². The summed E-state index contributed by atoms with van der Waals surface area (Å²) in [6.07, 6.45) is 2.76. The van der Waals surface area contributed by atoms with Crippen molar-refractivity contribution in [1.82, 2.24) is 15.1 Å². The van der Waals surface area contributed by atoms with E-state index in [1.165, 1.54) is 10.4 Å². The SMILES string of the molecule is Cc1ccccc1OCC1c2ccsc2CCN1C(=O)CN(C(=O)NC(C)(C)C)C1CC1. The molecule has 2 aliphatic rings. The first-order chi connectivity index (χ1) is 15.2. The van der Waals surface area contributed by atoms with Crippen LogP contribution in [0.1, 0.15) is 55.7 Å². The molecule has 1 saturated carbocycles. The molecule has 172 valence electrons. The van der Waals surface area contributed by atoms with Crippen LogP contribution in [-0.2, 0) is 11.2 Å². The maximum atomic E-state index is 13.5. The summed E-state index contributed by atoms with van der Waals surface area (Å²) in [5, 5.41) is 5.11. The second kappa shape index (κ2) is 9.14. The second-order valence-electron chi connectivity index (χ2n) is 9.77. The summed E-state index contributed by atoms with van der Waals surface area (Å²) in [7, 11) is 0. The summed E-state index contributed by atoms with van der Waals surface area (Å²) < 4.78 is 6.18. The van der Waals surface area contributed by atoms with Crippen molar-refractivity contribution in [3.63, 3.8) is 0 Å². The van der Waals surface area contributed by atoms with Gasteiger partial charge in [0, 0.05) is 23.0 Å². The molecule has 1 atom stereocenters. The lowest BCUT2D eigenvalue weighted by Crippen LogP contribution is -2.53. The van der Waals surface area contributed by atoms with Crippen molar-refractivity contribution in [3.05, 3.63) is 51.7 Å². The first kappa shape index (κ1) is 22.6. The fraction of sp³-hybridized carbons (Fsp3) is 0.520. The van der Waals surface area contributed by atoms with E-state index in [9.17, 15) is 9.59 Å². The first-order valence-corrected chi connectivity index (χ1v) is 12.2. The highest BCUT2D eigenvalue weighted by Gasteiger charge is 2.38. The lowest BCUT2D eigenvalue weighted by atomic mass is 10.0. The van der Waals surface area contributed by atoms with Crippen LogP contribution in [0.5, 0.6) is 5.75 Å². The Labute approximate surface area is 194 Å². The Bertz CT molecular complexity index is 977. The number of nitrogens with zero attached hydrogens (tertiary/aromatic N) is 2. The molecule has 0 bridgehead atoms. The number of rotatable bonds is 6. The maximum absolute atomic E-state index is 13.5. The number of para-hydroxylation sites is 1. The maximum Gasteiger partial charge on any atom is 0.318 e. The van der Waals surface area contributed by atoms with E-state index in [2.05, 4.69) is 16.8 Å². The van der Waals surface area contributed by atoms with Crippen LogP contribution < -0.4 is 10.1 Å². The van der Waals surface area contributed by atoms with Crippen LogP contribution in [0.3, 0.4) is 0 Å². The van der Waals surface area contributed by atoms with Crippen molar-refractivity contribution in [2.75, 3.05) is 19.7 Å². The number of benzene rings is 1. The van der Waals surface area contributed by atoms with E-state index >= 15 is 0 Å². The van der Waals surface area contributed by atoms with Crippen LogP contribution in [0.25, 0.3) is 0 Å². The van der Waals surface area contributed by atoms with Gasteiger partial charge in [-0.15, -0.1) is 11.3 Å². The Kier molecular flexibility index (Phi) is 6.47. The molecule has 1 unspecified atom stereocenters. The molecule has 0 spiro atoms. The predicted molar refractivity (Wildman–Crippen MR) is 127 cm³/mol. The van der Waals surface area contributed by atoms with Crippen molar-refractivity contribution in [2.45, 2.75) is 64.6 Å². The lowest BCUT2D eigenvalue weighted by Gasteiger charge is -2.37. The van der Waals surface area contributed by atoms with Gasteiger partial charge in [-0.2, -0.15) is 0 Å². The summed E-state index contributed by atoms with van der Waals surface area (Å²) in [5.74, 6) is 0.822. The van der Waals surface area contributed by atoms with Crippen LogP contribution in [0.15, 0.2) is 35.7 Å². The van der Waals surface area contributed by atoms with Crippen molar-refractivity contribution in [2.24, 2.45) is 0 Å². The van der Waals surface area contributed by atoms with Crippen molar-refractivity contribution >= 4 is 23.3 Å². The average Bonchev–Trinajstić information content (AvgIpc) is 3.45. The highest BCUT2D eigenvalue weighted by atomic mass is 32.1. The zero-order valence-electron chi connectivity index (χ0n) is 19.4. The fourth-order valence-electron chi connectivity index (χ4n) is 4.14. The number of carbonyl (C=O) groups excluding carboxylic acids is 2. The standard InChI is InChI=1S/C25H33N3O3S/c1-17-7-5-6-8-21(17)31-16-20-19-12-14-32-22(19)11-13-27(20)23(29)15-28(18-9-10-18)24(30)26-25(2,3)4/h5-8,12,14,18,20H,9-11,13,15-16H2,1-4H3,(H,26,30). The zero-order chi connectivity index (χ0) is 22.9. The number of fused-ring (bicyclic) bond motifs is 1. The van der Waals surface area contributed by atoms with Crippen LogP contribution in [0.2, 0.25) is 0 Å². The number of carbonyl (C=O) groups is 2. The normalized spacial score (nSPS) is 18.1. The molecule has 0 saturated heterocycles. The Hall–Kier alpha value is -2.54. The monoisotopic (exact) mass is 455 g/mol. The molecule has 1 aromatic carbocycles. The van der Waals surface area contributed by atoms with Gasteiger partial charge >= 0.3 is 6.03 Å².